The third kappa shape index (κ3) is 3.72. The van der Waals surface area contributed by atoms with Gasteiger partial charge < -0.3 is 4.90 Å². The minimum Gasteiger partial charge on any atom is -0.341 e. The van der Waals surface area contributed by atoms with E-state index in [4.69, 9.17) is 0 Å². The molecule has 0 aliphatic carbocycles. The monoisotopic (exact) mass is 355 g/mol. The number of thiophene rings is 1. The normalized spacial score (nSPS) is 16.2. The largest absolute Gasteiger partial charge is 0.341 e. The zero-order valence-corrected chi connectivity index (χ0v) is 14.9. The molecule has 1 fully saturated rings. The predicted molar refractivity (Wildman–Crippen MR) is 97.5 cm³/mol. The summed E-state index contributed by atoms with van der Waals surface area (Å²) in [7, 11) is 0. The molecule has 25 heavy (non-hydrogen) atoms. The maximum Gasteiger partial charge on any atom is 0.227 e. The highest BCUT2D eigenvalue weighted by Gasteiger charge is 2.20. The van der Waals surface area contributed by atoms with Crippen LogP contribution in [0, 0.1) is 0 Å². The molecule has 4 heterocycles. The van der Waals surface area contributed by atoms with Crippen LogP contribution in [0.25, 0.3) is 5.65 Å². The van der Waals surface area contributed by atoms with Gasteiger partial charge in [-0.25, -0.2) is 9.50 Å². The fraction of sp³-hybridized carbons (Fsp3) is 0.389. The highest BCUT2D eigenvalue weighted by Crippen LogP contribution is 2.14. The van der Waals surface area contributed by atoms with E-state index in [9.17, 15) is 4.79 Å². The molecule has 0 N–H and O–H groups in total. The van der Waals surface area contributed by atoms with E-state index < -0.39 is 0 Å². The minimum atomic E-state index is 0.234. The van der Waals surface area contributed by atoms with Crippen molar-refractivity contribution in [2.45, 2.75) is 19.4 Å². The molecule has 6 nitrogen and oxygen atoms in total. The molecule has 0 atom stereocenters. The number of carbonyl (C=O) groups is 1. The average Bonchev–Trinajstić information content (AvgIpc) is 3.21. The molecule has 1 saturated heterocycles. The van der Waals surface area contributed by atoms with Crippen LogP contribution >= 0.6 is 11.3 Å². The lowest BCUT2D eigenvalue weighted by molar-refractivity contribution is -0.130. The van der Waals surface area contributed by atoms with Crippen molar-refractivity contribution in [2.24, 2.45) is 0 Å². The van der Waals surface area contributed by atoms with Crippen molar-refractivity contribution in [1.82, 2.24) is 24.4 Å². The molecule has 0 spiro atoms. The molecule has 3 aromatic heterocycles. The maximum absolute atomic E-state index is 12.5. The zero-order chi connectivity index (χ0) is 17.1. The van der Waals surface area contributed by atoms with Crippen LogP contribution in [0.2, 0.25) is 0 Å². The summed E-state index contributed by atoms with van der Waals surface area (Å²) in [4.78, 5) is 21.3. The molecule has 4 rings (SSSR count). The van der Waals surface area contributed by atoms with Crippen LogP contribution in [0.1, 0.15) is 17.5 Å². The van der Waals surface area contributed by atoms with Crippen LogP contribution in [-0.4, -0.2) is 56.5 Å². The Morgan fingerprint density at radius 3 is 3.08 bits per heavy atom. The Morgan fingerprint density at radius 1 is 1.24 bits per heavy atom. The second-order valence-electron chi connectivity index (χ2n) is 6.38. The summed E-state index contributed by atoms with van der Waals surface area (Å²) >= 11 is 1.64. The summed E-state index contributed by atoms with van der Waals surface area (Å²) in [6, 6.07) is 3.91. The van der Waals surface area contributed by atoms with Gasteiger partial charge >= 0.3 is 0 Å². The van der Waals surface area contributed by atoms with E-state index in [0.717, 1.165) is 55.9 Å². The predicted octanol–water partition coefficient (Wildman–Crippen LogP) is 2.07. The third-order valence-corrected chi connectivity index (χ3v) is 5.36. The number of fused-ring (bicyclic) bond motifs is 1. The van der Waals surface area contributed by atoms with E-state index >= 15 is 0 Å². The van der Waals surface area contributed by atoms with E-state index in [0.29, 0.717) is 6.42 Å². The van der Waals surface area contributed by atoms with Gasteiger partial charge in [0.25, 0.3) is 0 Å². The molecule has 1 aliphatic heterocycles. The van der Waals surface area contributed by atoms with Gasteiger partial charge in [0.15, 0.2) is 5.65 Å². The lowest BCUT2D eigenvalue weighted by atomic mass is 10.2. The molecule has 130 valence electrons. The zero-order valence-electron chi connectivity index (χ0n) is 14.0. The Bertz CT molecular complexity index is 844. The molecule has 0 aromatic carbocycles. The molecule has 0 saturated carbocycles. The smallest absolute Gasteiger partial charge is 0.227 e. The second kappa shape index (κ2) is 7.33. The molecule has 0 radical (unpaired) electrons. The van der Waals surface area contributed by atoms with Gasteiger partial charge in [-0.05, 0) is 34.9 Å². The molecule has 7 heteroatoms. The van der Waals surface area contributed by atoms with Crippen molar-refractivity contribution in [3.05, 3.63) is 52.6 Å². The summed E-state index contributed by atoms with van der Waals surface area (Å²) in [5.41, 5.74) is 3.17. The number of carbonyl (C=O) groups excluding carboxylic acids is 1. The highest BCUT2D eigenvalue weighted by atomic mass is 32.1. The van der Waals surface area contributed by atoms with Gasteiger partial charge in [-0.3, -0.25) is 9.69 Å². The molecule has 3 aromatic rings. The Morgan fingerprint density at radius 2 is 2.20 bits per heavy atom. The van der Waals surface area contributed by atoms with Crippen LogP contribution in [-0.2, 0) is 17.8 Å². The molecule has 0 bridgehead atoms. The van der Waals surface area contributed by atoms with Gasteiger partial charge in [-0.1, -0.05) is 0 Å². The van der Waals surface area contributed by atoms with Crippen LogP contribution in [0.3, 0.4) is 0 Å². The highest BCUT2D eigenvalue weighted by molar-refractivity contribution is 7.08. The molecule has 0 unspecified atom stereocenters. The first-order valence-electron chi connectivity index (χ1n) is 8.58. The molecule has 1 amide bonds. The lowest BCUT2D eigenvalue weighted by Crippen LogP contribution is -2.36. The van der Waals surface area contributed by atoms with E-state index in [1.807, 2.05) is 39.3 Å². The van der Waals surface area contributed by atoms with Crippen molar-refractivity contribution in [3.8, 4) is 0 Å². The quantitative estimate of drug-likeness (QED) is 0.719. The SMILES string of the molecule is O=C(Cc1ccsc1)N1CCCN(Cc2cnn3cccnc23)CC1. The van der Waals surface area contributed by atoms with E-state index in [1.54, 1.807) is 17.5 Å². The second-order valence-corrected chi connectivity index (χ2v) is 7.16. The summed E-state index contributed by atoms with van der Waals surface area (Å²) in [5, 5.41) is 8.44. The first-order chi connectivity index (χ1) is 12.3. The topological polar surface area (TPSA) is 53.7 Å². The van der Waals surface area contributed by atoms with Crippen LogP contribution < -0.4 is 0 Å². The van der Waals surface area contributed by atoms with Crippen molar-refractivity contribution in [1.29, 1.82) is 0 Å². The lowest BCUT2D eigenvalue weighted by Gasteiger charge is -2.21. The first kappa shape index (κ1) is 16.2. The Kier molecular flexibility index (Phi) is 4.76. The van der Waals surface area contributed by atoms with Crippen molar-refractivity contribution < 1.29 is 4.79 Å². The standard InChI is InChI=1S/C18H21N5OS/c24-17(11-15-3-10-25-14-15)22-6-2-5-21(8-9-22)13-16-12-20-23-7-1-4-19-18(16)23/h1,3-4,7,10,12,14H,2,5-6,8-9,11,13H2. The molecular formula is C18H21N5OS. The van der Waals surface area contributed by atoms with Gasteiger partial charge in [0, 0.05) is 50.7 Å². The number of rotatable bonds is 4. The number of hydrogen-bond donors (Lipinski definition) is 0. The summed E-state index contributed by atoms with van der Waals surface area (Å²) in [6.07, 6.45) is 7.13. The Labute approximate surface area is 150 Å². The fourth-order valence-electron chi connectivity index (χ4n) is 3.29. The van der Waals surface area contributed by atoms with Gasteiger partial charge in [-0.15, -0.1) is 0 Å². The van der Waals surface area contributed by atoms with Crippen LogP contribution in [0.5, 0.6) is 0 Å². The Hall–Kier alpha value is -2.25. The van der Waals surface area contributed by atoms with Gasteiger partial charge in [-0.2, -0.15) is 16.4 Å². The fourth-order valence-corrected chi connectivity index (χ4v) is 3.96. The van der Waals surface area contributed by atoms with Gasteiger partial charge in [0.05, 0.1) is 12.6 Å². The van der Waals surface area contributed by atoms with Gasteiger partial charge in [0.1, 0.15) is 0 Å². The average molecular weight is 355 g/mol. The minimum absolute atomic E-state index is 0.234. The number of aromatic nitrogens is 3. The van der Waals surface area contributed by atoms with E-state index in [1.165, 1.54) is 0 Å². The van der Waals surface area contributed by atoms with E-state index in [-0.39, 0.29) is 5.91 Å². The Balaban J connectivity index is 1.37. The number of hydrogen-bond acceptors (Lipinski definition) is 5. The first-order valence-corrected chi connectivity index (χ1v) is 9.52. The van der Waals surface area contributed by atoms with Crippen LogP contribution in [0.4, 0.5) is 0 Å². The molecule has 1 aliphatic rings. The van der Waals surface area contributed by atoms with Crippen molar-refractivity contribution in [3.63, 3.8) is 0 Å². The number of amides is 1. The van der Waals surface area contributed by atoms with Crippen molar-refractivity contribution >= 4 is 22.9 Å². The van der Waals surface area contributed by atoms with Gasteiger partial charge in [0.2, 0.25) is 5.91 Å². The molecular weight excluding hydrogens is 334 g/mol. The maximum atomic E-state index is 12.5. The van der Waals surface area contributed by atoms with Crippen molar-refractivity contribution in [2.75, 3.05) is 26.2 Å². The summed E-state index contributed by atoms with van der Waals surface area (Å²) in [6.45, 7) is 4.33. The summed E-state index contributed by atoms with van der Waals surface area (Å²) in [5.74, 6) is 0.234. The summed E-state index contributed by atoms with van der Waals surface area (Å²) < 4.78 is 1.81. The number of nitrogens with zero attached hydrogens (tertiary/aromatic N) is 5. The third-order valence-electron chi connectivity index (χ3n) is 4.62. The van der Waals surface area contributed by atoms with Crippen LogP contribution in [0.15, 0.2) is 41.5 Å². The van der Waals surface area contributed by atoms with E-state index in [2.05, 4.69) is 20.4 Å².